The molecule has 2 atom stereocenters. The van der Waals surface area contributed by atoms with Crippen molar-refractivity contribution in [1.29, 1.82) is 0 Å². The fraction of sp³-hybridized carbons (Fsp3) is 0.562. The van der Waals surface area contributed by atoms with Gasteiger partial charge in [0.05, 0.1) is 7.11 Å². The first kappa shape index (κ1) is 14.9. The van der Waals surface area contributed by atoms with Crippen molar-refractivity contribution in [2.24, 2.45) is 0 Å². The summed E-state index contributed by atoms with van der Waals surface area (Å²) in [6.07, 6.45) is 3.89. The highest BCUT2D eigenvalue weighted by atomic mass is 16.5. The predicted octanol–water partition coefficient (Wildman–Crippen LogP) is 3.09. The molecular formula is C16H23NO3. The summed E-state index contributed by atoms with van der Waals surface area (Å²) in [5, 5.41) is 9.48. The van der Waals surface area contributed by atoms with Crippen molar-refractivity contribution in [3.05, 3.63) is 29.8 Å². The summed E-state index contributed by atoms with van der Waals surface area (Å²) >= 11 is 0. The number of hydrogen-bond acceptors (Lipinski definition) is 3. The van der Waals surface area contributed by atoms with Crippen molar-refractivity contribution in [3.8, 4) is 5.75 Å². The lowest BCUT2D eigenvalue weighted by molar-refractivity contribution is -0.144. The zero-order valence-electron chi connectivity index (χ0n) is 12.2. The van der Waals surface area contributed by atoms with Gasteiger partial charge in [-0.3, -0.25) is 9.69 Å². The Morgan fingerprint density at radius 3 is 2.80 bits per heavy atom. The molecule has 1 aromatic carbocycles. The second-order valence-corrected chi connectivity index (χ2v) is 5.36. The number of carboxylic acids is 1. The molecule has 1 fully saturated rings. The molecule has 2 unspecified atom stereocenters. The second-order valence-electron chi connectivity index (χ2n) is 5.36. The Balaban J connectivity index is 2.28. The third kappa shape index (κ3) is 3.12. The van der Waals surface area contributed by atoms with Crippen LogP contribution in [0.5, 0.6) is 5.75 Å². The van der Waals surface area contributed by atoms with Crippen LogP contribution >= 0.6 is 0 Å². The topological polar surface area (TPSA) is 49.8 Å². The van der Waals surface area contributed by atoms with E-state index in [0.717, 1.165) is 43.5 Å². The first-order valence-electron chi connectivity index (χ1n) is 7.26. The lowest BCUT2D eigenvalue weighted by Crippen LogP contribution is -2.42. The molecule has 0 amide bonds. The van der Waals surface area contributed by atoms with Crippen molar-refractivity contribution >= 4 is 5.97 Å². The molecule has 1 aromatic rings. The average molecular weight is 277 g/mol. The van der Waals surface area contributed by atoms with Crippen LogP contribution in [-0.2, 0) is 4.79 Å². The molecule has 4 nitrogen and oxygen atoms in total. The van der Waals surface area contributed by atoms with Gasteiger partial charge < -0.3 is 9.84 Å². The monoisotopic (exact) mass is 277 g/mol. The van der Waals surface area contributed by atoms with Crippen LogP contribution in [0.3, 0.4) is 0 Å². The van der Waals surface area contributed by atoms with Crippen molar-refractivity contribution in [2.45, 2.75) is 44.7 Å². The number of nitrogens with zero attached hydrogens (tertiary/aromatic N) is 1. The van der Waals surface area contributed by atoms with Crippen LogP contribution < -0.4 is 4.74 Å². The maximum Gasteiger partial charge on any atom is 0.320 e. The lowest BCUT2D eigenvalue weighted by Gasteiger charge is -2.33. The van der Waals surface area contributed by atoms with Crippen molar-refractivity contribution < 1.29 is 14.6 Å². The maximum absolute atomic E-state index is 11.5. The zero-order chi connectivity index (χ0) is 14.5. The number of likely N-dealkylation sites (tertiary alicyclic amines) is 1. The van der Waals surface area contributed by atoms with Gasteiger partial charge in [-0.05, 0) is 32.4 Å². The summed E-state index contributed by atoms with van der Waals surface area (Å²) < 4.78 is 5.41. The van der Waals surface area contributed by atoms with Crippen LogP contribution in [0.4, 0.5) is 0 Å². The second kappa shape index (κ2) is 6.75. The number of aliphatic carboxylic acids is 1. The molecule has 1 aliphatic rings. The predicted molar refractivity (Wildman–Crippen MR) is 78.0 cm³/mol. The smallest absolute Gasteiger partial charge is 0.320 e. The quantitative estimate of drug-likeness (QED) is 0.919. The molecule has 0 saturated carbocycles. The van der Waals surface area contributed by atoms with Crippen LogP contribution in [0.1, 0.15) is 44.2 Å². The van der Waals surface area contributed by atoms with E-state index in [1.165, 1.54) is 0 Å². The third-order valence-corrected chi connectivity index (χ3v) is 4.17. The van der Waals surface area contributed by atoms with E-state index in [0.29, 0.717) is 0 Å². The van der Waals surface area contributed by atoms with Gasteiger partial charge in [0.25, 0.3) is 0 Å². The highest BCUT2D eigenvalue weighted by molar-refractivity contribution is 5.73. The van der Waals surface area contributed by atoms with Crippen LogP contribution in [0.15, 0.2) is 24.3 Å². The number of carboxylic acid groups (broad SMARTS) is 1. The summed E-state index contributed by atoms with van der Waals surface area (Å²) in [5.74, 6) is 0.113. The lowest BCUT2D eigenvalue weighted by atomic mass is 10.0. The minimum atomic E-state index is -0.714. The SMILES string of the molecule is COc1ccccc1C(C)N1CCCCCC1C(=O)O. The molecule has 1 N–H and O–H groups in total. The molecule has 20 heavy (non-hydrogen) atoms. The Morgan fingerprint density at radius 1 is 1.35 bits per heavy atom. The molecule has 0 radical (unpaired) electrons. The Kier molecular flexibility index (Phi) is 5.01. The molecule has 110 valence electrons. The Labute approximate surface area is 120 Å². The Bertz CT molecular complexity index is 461. The van der Waals surface area contributed by atoms with Gasteiger partial charge >= 0.3 is 5.97 Å². The Hall–Kier alpha value is -1.55. The molecule has 0 bridgehead atoms. The van der Waals surface area contributed by atoms with E-state index in [-0.39, 0.29) is 6.04 Å². The summed E-state index contributed by atoms with van der Waals surface area (Å²) in [7, 11) is 1.66. The minimum absolute atomic E-state index is 0.0466. The minimum Gasteiger partial charge on any atom is -0.496 e. The first-order valence-corrected chi connectivity index (χ1v) is 7.26. The number of rotatable bonds is 4. The van der Waals surface area contributed by atoms with E-state index in [1.54, 1.807) is 7.11 Å². The largest absolute Gasteiger partial charge is 0.496 e. The van der Waals surface area contributed by atoms with Crippen molar-refractivity contribution in [3.63, 3.8) is 0 Å². The van der Waals surface area contributed by atoms with E-state index in [1.807, 2.05) is 24.3 Å². The van der Waals surface area contributed by atoms with Gasteiger partial charge in [0.1, 0.15) is 11.8 Å². The highest BCUT2D eigenvalue weighted by Gasteiger charge is 2.31. The molecule has 1 aliphatic heterocycles. The fourth-order valence-corrected chi connectivity index (χ4v) is 3.05. The molecule has 4 heteroatoms. The van der Waals surface area contributed by atoms with E-state index in [2.05, 4.69) is 11.8 Å². The molecule has 0 aromatic heterocycles. The van der Waals surface area contributed by atoms with Gasteiger partial charge in [-0.1, -0.05) is 31.0 Å². The summed E-state index contributed by atoms with van der Waals surface area (Å²) in [5.41, 5.74) is 1.06. The highest BCUT2D eigenvalue weighted by Crippen LogP contribution is 2.32. The van der Waals surface area contributed by atoms with Crippen molar-refractivity contribution in [2.75, 3.05) is 13.7 Å². The number of hydrogen-bond donors (Lipinski definition) is 1. The van der Waals surface area contributed by atoms with Crippen LogP contribution in [0.25, 0.3) is 0 Å². The Morgan fingerprint density at radius 2 is 2.10 bits per heavy atom. The summed E-state index contributed by atoms with van der Waals surface area (Å²) in [6, 6.07) is 7.52. The number of ether oxygens (including phenoxy) is 1. The zero-order valence-corrected chi connectivity index (χ0v) is 12.2. The van der Waals surface area contributed by atoms with E-state index < -0.39 is 12.0 Å². The number of carbonyl (C=O) groups is 1. The van der Waals surface area contributed by atoms with Crippen LogP contribution in [-0.4, -0.2) is 35.7 Å². The normalized spacial score (nSPS) is 22.0. The fourth-order valence-electron chi connectivity index (χ4n) is 3.05. The molecule has 0 spiro atoms. The van der Waals surface area contributed by atoms with Crippen LogP contribution in [0, 0.1) is 0 Å². The van der Waals surface area contributed by atoms with Gasteiger partial charge in [-0.2, -0.15) is 0 Å². The van der Waals surface area contributed by atoms with Gasteiger partial charge in [-0.25, -0.2) is 0 Å². The van der Waals surface area contributed by atoms with Gasteiger partial charge in [0, 0.05) is 11.6 Å². The van der Waals surface area contributed by atoms with Gasteiger partial charge in [0.15, 0.2) is 0 Å². The third-order valence-electron chi connectivity index (χ3n) is 4.17. The molecule has 1 saturated heterocycles. The van der Waals surface area contributed by atoms with Crippen molar-refractivity contribution in [1.82, 2.24) is 4.90 Å². The number of benzene rings is 1. The van der Waals surface area contributed by atoms with E-state index in [4.69, 9.17) is 4.74 Å². The molecule has 2 rings (SSSR count). The van der Waals surface area contributed by atoms with E-state index >= 15 is 0 Å². The molecule has 1 heterocycles. The van der Waals surface area contributed by atoms with E-state index in [9.17, 15) is 9.90 Å². The number of methoxy groups -OCH3 is 1. The summed E-state index contributed by atoms with van der Waals surface area (Å²) in [4.78, 5) is 13.6. The first-order chi connectivity index (χ1) is 9.65. The van der Waals surface area contributed by atoms with Crippen LogP contribution in [0.2, 0.25) is 0 Å². The standard InChI is InChI=1S/C16H23NO3/c1-12(13-8-5-6-10-15(13)20-2)17-11-7-3-4-9-14(17)16(18)19/h5-6,8,10,12,14H,3-4,7,9,11H2,1-2H3,(H,18,19). The maximum atomic E-state index is 11.5. The molecular weight excluding hydrogens is 254 g/mol. The summed E-state index contributed by atoms with van der Waals surface area (Å²) in [6.45, 7) is 2.90. The van der Waals surface area contributed by atoms with Gasteiger partial charge in [0.2, 0.25) is 0 Å². The molecule has 0 aliphatic carbocycles. The van der Waals surface area contributed by atoms with Gasteiger partial charge in [-0.15, -0.1) is 0 Å². The number of para-hydroxylation sites is 1. The average Bonchev–Trinajstić information content (AvgIpc) is 2.72.